The fourth-order valence-corrected chi connectivity index (χ4v) is 3.71. The van der Waals surface area contributed by atoms with E-state index in [1.165, 1.54) is 30.2 Å². The lowest BCUT2D eigenvalue weighted by Crippen LogP contribution is -2.30. The van der Waals surface area contributed by atoms with Crippen LogP contribution in [0.2, 0.25) is 0 Å². The average molecular weight is 450 g/mol. The molecule has 2 aromatic carbocycles. The van der Waals surface area contributed by atoms with Gasteiger partial charge in [0.25, 0.3) is 0 Å². The number of oxazole rings is 1. The number of amides is 2. The summed E-state index contributed by atoms with van der Waals surface area (Å²) in [6.07, 6.45) is 5.44. The molecule has 0 bridgehead atoms. The first-order valence-electron chi connectivity index (χ1n) is 9.87. The van der Waals surface area contributed by atoms with Crippen molar-refractivity contribution >= 4 is 23.5 Å². The zero-order valence-corrected chi connectivity index (χ0v) is 18.0. The molecule has 0 aliphatic heterocycles. The number of aryl methyl sites for hydroxylation is 1. The summed E-state index contributed by atoms with van der Waals surface area (Å²) in [5.41, 5.74) is 3.05. The number of carbonyl (C=O) groups excluding carboxylic acids is 1. The maximum Gasteiger partial charge on any atom is 0.319 e. The van der Waals surface area contributed by atoms with Crippen molar-refractivity contribution in [3.8, 4) is 11.5 Å². The van der Waals surface area contributed by atoms with Crippen LogP contribution in [-0.4, -0.2) is 27.5 Å². The molecule has 32 heavy (non-hydrogen) atoms. The fraction of sp³-hybridized carbons (Fsp3) is 0.130. The SMILES string of the molecule is Cc1cc(Sc2ncccn2)ccc1NC(=O)NCCc1coc(-c2ccc(F)cc2)n1. The Morgan fingerprint density at radius 1 is 1.12 bits per heavy atom. The predicted octanol–water partition coefficient (Wildman–Crippen LogP) is 5.09. The number of halogens is 1. The molecular formula is C23H20FN5O2S. The second kappa shape index (κ2) is 10.1. The monoisotopic (exact) mass is 449 g/mol. The van der Waals surface area contributed by atoms with Crippen molar-refractivity contribution < 1.29 is 13.6 Å². The third-order valence-electron chi connectivity index (χ3n) is 4.51. The molecule has 4 rings (SSSR count). The Hall–Kier alpha value is -3.72. The summed E-state index contributed by atoms with van der Waals surface area (Å²) in [4.78, 5) is 26.0. The minimum atomic E-state index is -0.315. The molecule has 162 valence electrons. The number of aromatic nitrogens is 3. The normalized spacial score (nSPS) is 10.7. The van der Waals surface area contributed by atoms with E-state index in [1.54, 1.807) is 30.6 Å². The third kappa shape index (κ3) is 5.70. The largest absolute Gasteiger partial charge is 0.444 e. The van der Waals surface area contributed by atoms with Gasteiger partial charge in [0.05, 0.1) is 5.69 Å². The first-order valence-corrected chi connectivity index (χ1v) is 10.7. The topological polar surface area (TPSA) is 92.9 Å². The molecule has 0 fully saturated rings. The van der Waals surface area contributed by atoms with Gasteiger partial charge in [-0.05, 0) is 72.8 Å². The summed E-state index contributed by atoms with van der Waals surface area (Å²) in [5, 5.41) is 6.33. The molecule has 0 saturated carbocycles. The Bertz CT molecular complexity index is 1200. The van der Waals surface area contributed by atoms with Crippen molar-refractivity contribution in [3.05, 3.63) is 84.3 Å². The number of hydrogen-bond acceptors (Lipinski definition) is 6. The van der Waals surface area contributed by atoms with Crippen molar-refractivity contribution in [1.82, 2.24) is 20.3 Å². The molecule has 0 saturated heterocycles. The summed E-state index contributed by atoms with van der Waals surface area (Å²) < 4.78 is 18.5. The molecule has 0 spiro atoms. The van der Waals surface area contributed by atoms with Crippen molar-refractivity contribution in [1.29, 1.82) is 0 Å². The van der Waals surface area contributed by atoms with Crippen LogP contribution in [0.3, 0.4) is 0 Å². The fourth-order valence-electron chi connectivity index (χ4n) is 2.90. The highest BCUT2D eigenvalue weighted by atomic mass is 32.2. The molecule has 0 atom stereocenters. The van der Waals surface area contributed by atoms with Crippen LogP contribution < -0.4 is 10.6 Å². The maximum atomic E-state index is 13.0. The average Bonchev–Trinajstić information content (AvgIpc) is 3.26. The molecule has 0 aliphatic carbocycles. The van der Waals surface area contributed by atoms with E-state index in [2.05, 4.69) is 25.6 Å². The minimum absolute atomic E-state index is 0.304. The molecule has 0 aliphatic rings. The maximum absolute atomic E-state index is 13.0. The van der Waals surface area contributed by atoms with Crippen molar-refractivity contribution in [2.45, 2.75) is 23.4 Å². The van der Waals surface area contributed by atoms with Gasteiger partial charge in [-0.25, -0.2) is 24.1 Å². The predicted molar refractivity (Wildman–Crippen MR) is 120 cm³/mol. The summed E-state index contributed by atoms with van der Waals surface area (Å²) in [6, 6.07) is 13.1. The number of anilines is 1. The van der Waals surface area contributed by atoms with Crippen molar-refractivity contribution in [2.24, 2.45) is 0 Å². The van der Waals surface area contributed by atoms with E-state index in [0.717, 1.165) is 16.1 Å². The highest BCUT2D eigenvalue weighted by Crippen LogP contribution is 2.27. The minimum Gasteiger partial charge on any atom is -0.444 e. The number of nitrogens with one attached hydrogen (secondary N) is 2. The first kappa shape index (κ1) is 21.5. The number of benzene rings is 2. The Labute approximate surface area is 188 Å². The summed E-state index contributed by atoms with van der Waals surface area (Å²) in [6.45, 7) is 2.32. The lowest BCUT2D eigenvalue weighted by atomic mass is 10.2. The Kier molecular flexibility index (Phi) is 6.76. The molecule has 0 unspecified atom stereocenters. The Balaban J connectivity index is 1.26. The van der Waals surface area contributed by atoms with Crippen LogP contribution in [0, 0.1) is 12.7 Å². The zero-order valence-electron chi connectivity index (χ0n) is 17.2. The van der Waals surface area contributed by atoms with Gasteiger partial charge in [-0.15, -0.1) is 0 Å². The first-order chi connectivity index (χ1) is 15.6. The summed E-state index contributed by atoms with van der Waals surface area (Å²) in [5.74, 6) is 0.100. The number of rotatable bonds is 7. The van der Waals surface area contributed by atoms with Crippen LogP contribution >= 0.6 is 11.8 Å². The van der Waals surface area contributed by atoms with E-state index in [0.29, 0.717) is 35.3 Å². The Morgan fingerprint density at radius 2 is 1.91 bits per heavy atom. The molecule has 9 heteroatoms. The molecule has 2 N–H and O–H groups in total. The van der Waals surface area contributed by atoms with E-state index in [9.17, 15) is 9.18 Å². The van der Waals surface area contributed by atoms with Crippen LogP contribution in [0.1, 0.15) is 11.3 Å². The molecule has 2 amide bonds. The van der Waals surface area contributed by atoms with Gasteiger partial charge in [0.2, 0.25) is 5.89 Å². The highest BCUT2D eigenvalue weighted by Gasteiger charge is 2.09. The van der Waals surface area contributed by atoms with Gasteiger partial charge in [-0.2, -0.15) is 0 Å². The van der Waals surface area contributed by atoms with Crippen LogP contribution in [0.5, 0.6) is 0 Å². The molecule has 7 nitrogen and oxygen atoms in total. The van der Waals surface area contributed by atoms with Crippen LogP contribution in [-0.2, 0) is 6.42 Å². The summed E-state index contributed by atoms with van der Waals surface area (Å²) >= 11 is 1.46. The van der Waals surface area contributed by atoms with E-state index in [4.69, 9.17) is 4.42 Å². The number of carbonyl (C=O) groups is 1. The van der Waals surface area contributed by atoms with E-state index in [-0.39, 0.29) is 11.8 Å². The zero-order chi connectivity index (χ0) is 22.3. The second-order valence-electron chi connectivity index (χ2n) is 6.89. The molecular weight excluding hydrogens is 429 g/mol. The van der Waals surface area contributed by atoms with Gasteiger partial charge >= 0.3 is 6.03 Å². The van der Waals surface area contributed by atoms with Gasteiger partial charge in [-0.3, -0.25) is 0 Å². The highest BCUT2D eigenvalue weighted by molar-refractivity contribution is 7.99. The van der Waals surface area contributed by atoms with Crippen LogP contribution in [0.15, 0.2) is 81.7 Å². The molecule has 0 radical (unpaired) electrons. The van der Waals surface area contributed by atoms with Gasteiger partial charge in [0.15, 0.2) is 5.16 Å². The molecule has 2 heterocycles. The Morgan fingerprint density at radius 3 is 2.66 bits per heavy atom. The van der Waals surface area contributed by atoms with Gasteiger partial charge in [-0.1, -0.05) is 0 Å². The van der Waals surface area contributed by atoms with E-state index in [1.807, 2.05) is 25.1 Å². The van der Waals surface area contributed by atoms with Crippen molar-refractivity contribution in [3.63, 3.8) is 0 Å². The quantitative estimate of drug-likeness (QED) is 0.382. The molecule has 2 aromatic heterocycles. The van der Waals surface area contributed by atoms with E-state index >= 15 is 0 Å². The molecule has 4 aromatic rings. The van der Waals surface area contributed by atoms with Gasteiger partial charge in [0.1, 0.15) is 12.1 Å². The lowest BCUT2D eigenvalue weighted by molar-refractivity contribution is 0.252. The lowest BCUT2D eigenvalue weighted by Gasteiger charge is -2.10. The number of urea groups is 1. The standard InChI is InChI=1S/C23H20FN5O2S/c1-15-13-19(32-23-26-10-2-11-27-23)7-8-20(15)29-22(30)25-12-9-18-14-31-21(28-18)16-3-5-17(24)6-4-16/h2-8,10-11,13-14H,9,12H2,1H3,(H2,25,29,30). The van der Waals surface area contributed by atoms with Gasteiger partial charge < -0.3 is 15.1 Å². The third-order valence-corrected chi connectivity index (χ3v) is 5.39. The summed E-state index contributed by atoms with van der Waals surface area (Å²) in [7, 11) is 0. The smallest absolute Gasteiger partial charge is 0.319 e. The second-order valence-corrected chi connectivity index (χ2v) is 7.93. The van der Waals surface area contributed by atoms with Crippen LogP contribution in [0.4, 0.5) is 14.9 Å². The number of nitrogens with zero attached hydrogens (tertiary/aromatic N) is 3. The van der Waals surface area contributed by atoms with E-state index < -0.39 is 0 Å². The number of hydrogen-bond donors (Lipinski definition) is 2. The van der Waals surface area contributed by atoms with Crippen molar-refractivity contribution in [2.75, 3.05) is 11.9 Å². The van der Waals surface area contributed by atoms with Gasteiger partial charge in [0, 0.05) is 41.5 Å². The van der Waals surface area contributed by atoms with Crippen LogP contribution in [0.25, 0.3) is 11.5 Å².